The van der Waals surface area contributed by atoms with Gasteiger partial charge in [0.15, 0.2) is 0 Å². The van der Waals surface area contributed by atoms with Gasteiger partial charge in [-0.15, -0.1) is 0 Å². The Kier molecular flexibility index (Phi) is 5.69. The molecule has 2 rings (SSSR count). The maximum absolute atomic E-state index is 13.8. The summed E-state index contributed by atoms with van der Waals surface area (Å²) in [5.41, 5.74) is 1.10. The van der Waals surface area contributed by atoms with E-state index in [0.29, 0.717) is 11.3 Å². The molecule has 0 amide bonds. The van der Waals surface area contributed by atoms with Gasteiger partial charge in [0.2, 0.25) is 0 Å². The predicted octanol–water partition coefficient (Wildman–Crippen LogP) is 3.75. The summed E-state index contributed by atoms with van der Waals surface area (Å²) in [6, 6.07) is 9.92. The summed E-state index contributed by atoms with van der Waals surface area (Å²) in [6.07, 6.45) is -0.758. The smallest absolute Gasteiger partial charge is 0.130 e. The minimum atomic E-state index is -0.758. The van der Waals surface area contributed by atoms with Gasteiger partial charge in [-0.2, -0.15) is 0 Å². The van der Waals surface area contributed by atoms with Gasteiger partial charge < -0.3 is 15.2 Å². The molecule has 2 N–H and O–H groups in total. The highest BCUT2D eigenvalue weighted by Crippen LogP contribution is 2.23. The Labute approximate surface area is 134 Å². The number of methoxy groups -OCH3 is 1. The lowest BCUT2D eigenvalue weighted by Gasteiger charge is -2.25. The van der Waals surface area contributed by atoms with E-state index in [1.54, 1.807) is 38.3 Å². The normalized spacial score (nSPS) is 15.0. The quantitative estimate of drug-likeness (QED) is 0.851. The summed E-state index contributed by atoms with van der Waals surface area (Å²) in [7, 11) is 1.58. The average molecular weight is 321 g/mol. The molecule has 0 bridgehead atoms. The van der Waals surface area contributed by atoms with Crippen molar-refractivity contribution in [1.29, 1.82) is 0 Å². The SMILES string of the molecule is COc1ccc(C(O)C(C)NC(C)c2ccc(F)cc2F)cc1. The molecule has 0 aliphatic rings. The molecule has 23 heavy (non-hydrogen) atoms. The van der Waals surface area contributed by atoms with Crippen LogP contribution in [-0.4, -0.2) is 18.3 Å². The molecule has 0 fully saturated rings. The number of aliphatic hydroxyl groups excluding tert-OH is 1. The van der Waals surface area contributed by atoms with Gasteiger partial charge in [-0.05, 0) is 37.6 Å². The molecule has 2 aromatic carbocycles. The van der Waals surface area contributed by atoms with Crippen LogP contribution >= 0.6 is 0 Å². The molecule has 2 aromatic rings. The molecule has 0 saturated carbocycles. The zero-order chi connectivity index (χ0) is 17.0. The van der Waals surface area contributed by atoms with E-state index in [2.05, 4.69) is 5.32 Å². The molecular formula is C18H21F2NO2. The van der Waals surface area contributed by atoms with E-state index in [4.69, 9.17) is 4.74 Å². The Hall–Kier alpha value is -1.98. The summed E-state index contributed by atoms with van der Waals surface area (Å²) in [5.74, 6) is -0.496. The maximum atomic E-state index is 13.8. The first kappa shape index (κ1) is 17.4. The average Bonchev–Trinajstić information content (AvgIpc) is 2.54. The van der Waals surface area contributed by atoms with Crippen LogP contribution in [0.3, 0.4) is 0 Å². The van der Waals surface area contributed by atoms with Gasteiger partial charge in [-0.3, -0.25) is 0 Å². The van der Waals surface area contributed by atoms with Gasteiger partial charge in [0.1, 0.15) is 17.4 Å². The maximum Gasteiger partial charge on any atom is 0.130 e. The molecule has 0 radical (unpaired) electrons. The van der Waals surface area contributed by atoms with Crippen LogP contribution in [0.2, 0.25) is 0 Å². The zero-order valence-electron chi connectivity index (χ0n) is 13.4. The molecule has 5 heteroatoms. The summed E-state index contributed by atoms with van der Waals surface area (Å²) < 4.78 is 31.9. The standard InChI is InChI=1S/C18H21F2NO2/c1-11(16-9-6-14(19)10-17(16)20)21-12(2)18(22)13-4-7-15(23-3)8-5-13/h4-12,18,21-22H,1-3H3. The first-order valence-corrected chi connectivity index (χ1v) is 7.45. The summed E-state index contributed by atoms with van der Waals surface area (Å²) >= 11 is 0. The number of ether oxygens (including phenoxy) is 1. The third kappa shape index (κ3) is 4.27. The Bertz CT molecular complexity index is 646. The van der Waals surface area contributed by atoms with Crippen LogP contribution in [0.25, 0.3) is 0 Å². The number of aliphatic hydroxyl groups is 1. The fourth-order valence-electron chi connectivity index (χ4n) is 2.52. The molecule has 3 nitrogen and oxygen atoms in total. The Morgan fingerprint density at radius 2 is 1.70 bits per heavy atom. The van der Waals surface area contributed by atoms with Gasteiger partial charge in [-0.25, -0.2) is 8.78 Å². The van der Waals surface area contributed by atoms with Crippen LogP contribution in [0.5, 0.6) is 5.75 Å². The van der Waals surface area contributed by atoms with Gasteiger partial charge in [0, 0.05) is 23.7 Å². The third-order valence-corrected chi connectivity index (χ3v) is 3.87. The van der Waals surface area contributed by atoms with Crippen molar-refractivity contribution < 1.29 is 18.6 Å². The fraction of sp³-hybridized carbons (Fsp3) is 0.333. The van der Waals surface area contributed by atoms with Crippen molar-refractivity contribution in [2.75, 3.05) is 7.11 Å². The van der Waals surface area contributed by atoms with E-state index in [1.807, 2.05) is 6.92 Å². The van der Waals surface area contributed by atoms with Gasteiger partial charge in [0.25, 0.3) is 0 Å². The monoisotopic (exact) mass is 321 g/mol. The number of nitrogens with one attached hydrogen (secondary N) is 1. The van der Waals surface area contributed by atoms with Crippen molar-refractivity contribution in [3.63, 3.8) is 0 Å². The highest BCUT2D eigenvalue weighted by Gasteiger charge is 2.20. The van der Waals surface area contributed by atoms with E-state index in [-0.39, 0.29) is 12.1 Å². The Morgan fingerprint density at radius 1 is 1.04 bits per heavy atom. The van der Waals surface area contributed by atoms with Crippen molar-refractivity contribution in [2.45, 2.75) is 32.0 Å². The first-order valence-electron chi connectivity index (χ1n) is 7.45. The lowest BCUT2D eigenvalue weighted by atomic mass is 10.0. The second kappa shape index (κ2) is 7.53. The van der Waals surface area contributed by atoms with E-state index in [1.165, 1.54) is 12.1 Å². The van der Waals surface area contributed by atoms with Crippen molar-refractivity contribution in [2.24, 2.45) is 0 Å². The second-order valence-electron chi connectivity index (χ2n) is 5.56. The van der Waals surface area contributed by atoms with Gasteiger partial charge in [-0.1, -0.05) is 18.2 Å². The molecule has 0 saturated heterocycles. The molecule has 0 aliphatic heterocycles. The fourth-order valence-corrected chi connectivity index (χ4v) is 2.52. The van der Waals surface area contributed by atoms with Crippen LogP contribution in [0.4, 0.5) is 8.78 Å². The van der Waals surface area contributed by atoms with Crippen LogP contribution in [-0.2, 0) is 0 Å². The van der Waals surface area contributed by atoms with Crippen molar-refractivity contribution in [3.05, 3.63) is 65.2 Å². The van der Waals surface area contributed by atoms with Crippen molar-refractivity contribution in [1.82, 2.24) is 5.32 Å². The van der Waals surface area contributed by atoms with Gasteiger partial charge in [0.05, 0.1) is 13.2 Å². The van der Waals surface area contributed by atoms with Crippen molar-refractivity contribution >= 4 is 0 Å². The lowest BCUT2D eigenvalue weighted by molar-refractivity contribution is 0.130. The number of hydrogen-bond acceptors (Lipinski definition) is 3. The van der Waals surface area contributed by atoms with E-state index >= 15 is 0 Å². The molecule has 0 aromatic heterocycles. The number of rotatable bonds is 6. The molecule has 3 atom stereocenters. The molecule has 0 heterocycles. The van der Waals surface area contributed by atoms with E-state index < -0.39 is 17.7 Å². The topological polar surface area (TPSA) is 41.5 Å². The van der Waals surface area contributed by atoms with Crippen molar-refractivity contribution in [3.8, 4) is 5.75 Å². The molecule has 3 unspecified atom stereocenters. The Balaban J connectivity index is 2.05. The van der Waals surface area contributed by atoms with Crippen LogP contribution in [0.1, 0.15) is 37.1 Å². The molecule has 0 aliphatic carbocycles. The number of benzene rings is 2. The number of hydrogen-bond donors (Lipinski definition) is 2. The summed E-state index contributed by atoms with van der Waals surface area (Å²) in [6.45, 7) is 3.58. The molecule has 0 spiro atoms. The largest absolute Gasteiger partial charge is 0.497 e. The minimum absolute atomic E-state index is 0.317. The van der Waals surface area contributed by atoms with Gasteiger partial charge >= 0.3 is 0 Å². The second-order valence-corrected chi connectivity index (χ2v) is 5.56. The minimum Gasteiger partial charge on any atom is -0.497 e. The predicted molar refractivity (Wildman–Crippen MR) is 85.3 cm³/mol. The summed E-state index contributed by atoms with van der Waals surface area (Å²) in [4.78, 5) is 0. The first-order chi connectivity index (χ1) is 10.9. The lowest BCUT2D eigenvalue weighted by Crippen LogP contribution is -2.34. The zero-order valence-corrected chi connectivity index (χ0v) is 13.4. The molecular weight excluding hydrogens is 300 g/mol. The highest BCUT2D eigenvalue weighted by atomic mass is 19.1. The summed E-state index contributed by atoms with van der Waals surface area (Å²) in [5, 5.41) is 13.5. The van der Waals surface area contributed by atoms with E-state index in [9.17, 15) is 13.9 Å². The number of halogens is 2. The molecule has 124 valence electrons. The third-order valence-electron chi connectivity index (χ3n) is 3.87. The highest BCUT2D eigenvalue weighted by molar-refractivity contribution is 5.29. The van der Waals surface area contributed by atoms with Crippen LogP contribution in [0, 0.1) is 11.6 Å². The Morgan fingerprint density at radius 3 is 2.26 bits per heavy atom. The van der Waals surface area contributed by atoms with Crippen LogP contribution in [0.15, 0.2) is 42.5 Å². The van der Waals surface area contributed by atoms with Crippen LogP contribution < -0.4 is 10.1 Å². The van der Waals surface area contributed by atoms with E-state index in [0.717, 1.165) is 11.6 Å².